The summed E-state index contributed by atoms with van der Waals surface area (Å²) >= 11 is 0. The first-order chi connectivity index (χ1) is 8.13. The highest BCUT2D eigenvalue weighted by molar-refractivity contribution is 4.79. The molecular formula is C15H34N2O. The lowest BCUT2D eigenvalue weighted by Crippen LogP contribution is -2.49. The second-order valence-electron chi connectivity index (χ2n) is 6.84. The molecule has 0 amide bonds. The van der Waals surface area contributed by atoms with Crippen molar-refractivity contribution < 1.29 is 4.74 Å². The highest BCUT2D eigenvalue weighted by Gasteiger charge is 2.20. The summed E-state index contributed by atoms with van der Waals surface area (Å²) in [5, 5.41) is 3.60. The maximum absolute atomic E-state index is 5.63. The summed E-state index contributed by atoms with van der Waals surface area (Å²) in [5.41, 5.74) is 0.183. The van der Waals surface area contributed by atoms with Crippen LogP contribution in [0.25, 0.3) is 0 Å². The van der Waals surface area contributed by atoms with Crippen molar-refractivity contribution in [1.82, 2.24) is 10.2 Å². The van der Waals surface area contributed by atoms with E-state index in [0.717, 1.165) is 19.7 Å². The molecule has 0 heterocycles. The summed E-state index contributed by atoms with van der Waals surface area (Å²) in [7, 11) is 2.19. The minimum Gasteiger partial charge on any atom is -0.377 e. The third-order valence-electron chi connectivity index (χ3n) is 3.07. The van der Waals surface area contributed by atoms with Gasteiger partial charge in [0, 0.05) is 24.7 Å². The van der Waals surface area contributed by atoms with Crippen molar-refractivity contribution in [1.29, 1.82) is 0 Å². The van der Waals surface area contributed by atoms with Crippen molar-refractivity contribution in [2.45, 2.75) is 66.2 Å². The van der Waals surface area contributed by atoms with E-state index in [1.54, 1.807) is 0 Å². The molecule has 3 heteroatoms. The van der Waals surface area contributed by atoms with Crippen molar-refractivity contribution in [2.24, 2.45) is 5.92 Å². The number of likely N-dealkylation sites (N-methyl/N-ethyl adjacent to an activating group) is 1. The molecule has 18 heavy (non-hydrogen) atoms. The van der Waals surface area contributed by atoms with Crippen LogP contribution in [0.5, 0.6) is 0 Å². The Morgan fingerprint density at radius 2 is 1.67 bits per heavy atom. The van der Waals surface area contributed by atoms with Gasteiger partial charge >= 0.3 is 0 Å². The van der Waals surface area contributed by atoms with Gasteiger partial charge in [0.05, 0.1) is 12.7 Å². The van der Waals surface area contributed by atoms with Gasteiger partial charge in [-0.25, -0.2) is 0 Å². The maximum atomic E-state index is 5.63. The molecule has 0 aromatic carbocycles. The van der Waals surface area contributed by atoms with Crippen LogP contribution in [0.2, 0.25) is 0 Å². The van der Waals surface area contributed by atoms with Gasteiger partial charge in [-0.2, -0.15) is 0 Å². The normalized spacial score (nSPS) is 14.8. The van der Waals surface area contributed by atoms with Gasteiger partial charge in [-0.3, -0.25) is 4.90 Å². The lowest BCUT2D eigenvalue weighted by Gasteiger charge is -2.34. The maximum Gasteiger partial charge on any atom is 0.0596 e. The van der Waals surface area contributed by atoms with Crippen molar-refractivity contribution in [3.05, 3.63) is 0 Å². The zero-order chi connectivity index (χ0) is 14.3. The molecule has 0 saturated carbocycles. The number of nitrogens with one attached hydrogen (secondary N) is 1. The van der Waals surface area contributed by atoms with Crippen molar-refractivity contribution in [3.8, 4) is 0 Å². The minimum atomic E-state index is 0.183. The molecule has 3 nitrogen and oxygen atoms in total. The van der Waals surface area contributed by atoms with Gasteiger partial charge < -0.3 is 10.1 Å². The zero-order valence-electron chi connectivity index (χ0n) is 13.7. The second kappa shape index (κ2) is 8.13. The minimum absolute atomic E-state index is 0.183. The smallest absolute Gasteiger partial charge is 0.0596 e. The molecule has 0 aliphatic rings. The topological polar surface area (TPSA) is 24.5 Å². The number of ether oxygens (including phenoxy) is 1. The molecule has 0 radical (unpaired) electrons. The third-order valence-corrected chi connectivity index (χ3v) is 3.07. The first kappa shape index (κ1) is 17.9. The quantitative estimate of drug-likeness (QED) is 0.724. The lowest BCUT2D eigenvalue weighted by atomic mass is 10.0. The first-order valence-corrected chi connectivity index (χ1v) is 7.20. The second-order valence-corrected chi connectivity index (χ2v) is 6.84. The van der Waals surface area contributed by atoms with Crippen molar-refractivity contribution in [3.63, 3.8) is 0 Å². The summed E-state index contributed by atoms with van der Waals surface area (Å²) in [4.78, 5) is 2.41. The molecule has 0 fully saturated rings. The van der Waals surface area contributed by atoms with Crippen LogP contribution in [-0.4, -0.2) is 49.3 Å². The van der Waals surface area contributed by atoms with E-state index < -0.39 is 0 Å². The molecule has 0 bridgehead atoms. The Kier molecular flexibility index (Phi) is 8.08. The summed E-state index contributed by atoms with van der Waals surface area (Å²) in [6.45, 7) is 18.2. The highest BCUT2D eigenvalue weighted by atomic mass is 16.5. The van der Waals surface area contributed by atoms with Gasteiger partial charge in [0.15, 0.2) is 0 Å². The summed E-state index contributed by atoms with van der Waals surface area (Å²) < 4.78 is 5.63. The number of nitrogens with zero attached hydrogens (tertiary/aromatic N) is 1. The molecule has 0 aromatic heterocycles. The largest absolute Gasteiger partial charge is 0.377 e. The summed E-state index contributed by atoms with van der Waals surface area (Å²) in [6.07, 6.45) is 0.323. The molecule has 1 atom stereocenters. The van der Waals surface area contributed by atoms with Crippen molar-refractivity contribution >= 4 is 0 Å². The van der Waals surface area contributed by atoms with Gasteiger partial charge in [-0.15, -0.1) is 0 Å². The fourth-order valence-corrected chi connectivity index (χ4v) is 1.91. The van der Waals surface area contributed by atoms with Crippen molar-refractivity contribution in [2.75, 3.05) is 26.7 Å². The molecule has 0 rings (SSSR count). The Labute approximate surface area is 114 Å². The van der Waals surface area contributed by atoms with Crippen LogP contribution >= 0.6 is 0 Å². The van der Waals surface area contributed by atoms with E-state index >= 15 is 0 Å². The van der Waals surface area contributed by atoms with Gasteiger partial charge in [0.25, 0.3) is 0 Å². The Morgan fingerprint density at radius 3 is 2.06 bits per heavy atom. The molecule has 0 aromatic rings. The molecule has 0 aliphatic carbocycles. The Morgan fingerprint density at radius 1 is 1.11 bits per heavy atom. The Balaban J connectivity index is 4.15. The van der Waals surface area contributed by atoms with Crippen LogP contribution in [0, 0.1) is 5.92 Å². The average Bonchev–Trinajstić information content (AvgIpc) is 2.14. The van der Waals surface area contributed by atoms with E-state index in [-0.39, 0.29) is 5.54 Å². The van der Waals surface area contributed by atoms with Crippen LogP contribution in [0.15, 0.2) is 0 Å². The van der Waals surface area contributed by atoms with Gasteiger partial charge in [0.1, 0.15) is 0 Å². The Bertz CT molecular complexity index is 209. The van der Waals surface area contributed by atoms with Gasteiger partial charge in [0.2, 0.25) is 0 Å². The van der Waals surface area contributed by atoms with Gasteiger partial charge in [-0.05, 0) is 47.6 Å². The predicted molar refractivity (Wildman–Crippen MR) is 80.1 cm³/mol. The molecule has 0 aliphatic heterocycles. The van der Waals surface area contributed by atoms with Crippen LogP contribution in [-0.2, 0) is 4.74 Å². The van der Waals surface area contributed by atoms with Crippen LogP contribution in [0.4, 0.5) is 0 Å². The van der Waals surface area contributed by atoms with E-state index in [4.69, 9.17) is 4.74 Å². The third kappa shape index (κ3) is 8.90. The van der Waals surface area contributed by atoms with E-state index in [2.05, 4.69) is 65.7 Å². The first-order valence-electron chi connectivity index (χ1n) is 7.20. The van der Waals surface area contributed by atoms with E-state index in [9.17, 15) is 0 Å². The summed E-state index contributed by atoms with van der Waals surface area (Å²) in [5.74, 6) is 0.642. The van der Waals surface area contributed by atoms with E-state index in [0.29, 0.717) is 18.1 Å². The standard InChI is InChI=1S/C15H34N2O/c1-12(2)14(11-16-15(5,6)7)17(8)9-10-18-13(3)4/h12-14,16H,9-11H2,1-8H3. The highest BCUT2D eigenvalue weighted by Crippen LogP contribution is 2.10. The lowest BCUT2D eigenvalue weighted by molar-refractivity contribution is 0.0497. The van der Waals surface area contributed by atoms with E-state index in [1.165, 1.54) is 0 Å². The molecule has 110 valence electrons. The van der Waals surface area contributed by atoms with E-state index in [1.807, 2.05) is 0 Å². The monoisotopic (exact) mass is 258 g/mol. The molecular weight excluding hydrogens is 224 g/mol. The predicted octanol–water partition coefficient (Wildman–Crippen LogP) is 2.76. The number of rotatable bonds is 8. The SMILES string of the molecule is CC(C)OCCN(C)C(CNC(C)(C)C)C(C)C. The average molecular weight is 258 g/mol. The zero-order valence-corrected chi connectivity index (χ0v) is 13.7. The fraction of sp³-hybridized carbons (Fsp3) is 1.00. The molecule has 0 spiro atoms. The van der Waals surface area contributed by atoms with Crippen LogP contribution in [0.3, 0.4) is 0 Å². The summed E-state index contributed by atoms with van der Waals surface area (Å²) in [6, 6.07) is 0.556. The van der Waals surface area contributed by atoms with Crippen LogP contribution < -0.4 is 5.32 Å². The Hall–Kier alpha value is -0.120. The molecule has 1 N–H and O–H groups in total. The number of hydrogen-bond donors (Lipinski definition) is 1. The van der Waals surface area contributed by atoms with Crippen LogP contribution in [0.1, 0.15) is 48.5 Å². The molecule has 0 saturated heterocycles. The fourth-order valence-electron chi connectivity index (χ4n) is 1.91. The molecule has 1 unspecified atom stereocenters. The number of hydrogen-bond acceptors (Lipinski definition) is 3. The van der Waals surface area contributed by atoms with Gasteiger partial charge in [-0.1, -0.05) is 13.8 Å².